The Hall–Kier alpha value is -1.77. The average molecular weight is 1120 g/mol. The number of unbranched alkanes of at least 4 members (excludes halogenated alkanes) is 43. The Morgan fingerprint density at radius 3 is 1.03 bits per heavy atom. The summed E-state index contributed by atoms with van der Waals surface area (Å²) in [6.45, 7) is 4.46. The van der Waals surface area contributed by atoms with Crippen LogP contribution in [0.5, 0.6) is 0 Å². The van der Waals surface area contributed by atoms with Crippen LogP contribution >= 0.6 is 7.82 Å². The number of likely N-dealkylation sites (N-methyl/N-ethyl adjacent to an activating group) is 1. The molecule has 2 unspecified atom stereocenters. The molecule has 0 aliphatic rings. The summed E-state index contributed by atoms with van der Waals surface area (Å²) >= 11 is 0. The molecule has 0 amide bonds. The van der Waals surface area contributed by atoms with Crippen LogP contribution in [0.2, 0.25) is 0 Å². The highest BCUT2D eigenvalue weighted by atomic mass is 31.2. The molecule has 0 spiro atoms. The van der Waals surface area contributed by atoms with Crippen LogP contribution in [0.25, 0.3) is 0 Å². The van der Waals surface area contributed by atoms with Crippen LogP contribution in [0.4, 0.5) is 0 Å². The highest BCUT2D eigenvalue weighted by Gasteiger charge is 2.27. The van der Waals surface area contributed by atoms with Gasteiger partial charge in [-0.05, 0) is 70.6 Å². The Bertz CT molecular complexity index is 1410. The fourth-order valence-electron chi connectivity index (χ4n) is 9.93. The first-order valence-corrected chi connectivity index (χ1v) is 35.2. The largest absolute Gasteiger partial charge is 0.472 e. The number of rotatable bonds is 63. The Balaban J connectivity index is 3.92. The molecule has 0 bridgehead atoms. The summed E-state index contributed by atoms with van der Waals surface area (Å²) in [5.74, 6) is -0.785. The van der Waals surface area contributed by atoms with E-state index in [9.17, 15) is 19.0 Å². The van der Waals surface area contributed by atoms with Crippen LogP contribution < -0.4 is 0 Å². The lowest BCUT2D eigenvalue weighted by Crippen LogP contribution is -2.37. The summed E-state index contributed by atoms with van der Waals surface area (Å²) in [5, 5.41) is 0. The van der Waals surface area contributed by atoms with Crippen LogP contribution in [-0.4, -0.2) is 74.9 Å². The van der Waals surface area contributed by atoms with Crippen LogP contribution in [-0.2, 0) is 32.7 Å². The standard InChI is InChI=1S/C68H130NO8P/c1-6-8-10-12-14-16-18-20-22-24-25-26-27-28-29-30-31-32-33-34-35-36-37-38-39-40-41-42-43-45-47-49-51-53-55-57-59-61-68(71)77-66(65-76-78(72,73)75-63-62-69(3,4)5)64-74-67(70)60-58-56-54-52-50-48-46-44-23-21-19-17-15-13-11-9-7-2/h18,20-21,23-25,66H,6-17,19,22,26-65H2,1-5H3/p+1/b20-18-,23-21-,25-24-. The van der Waals surface area contributed by atoms with Gasteiger partial charge in [0.25, 0.3) is 0 Å². The Kier molecular flexibility index (Phi) is 58.5. The molecule has 0 radical (unpaired) electrons. The molecule has 9 nitrogen and oxygen atoms in total. The molecule has 0 fully saturated rings. The summed E-state index contributed by atoms with van der Waals surface area (Å²) in [4.78, 5) is 35.7. The molecule has 0 aliphatic heterocycles. The zero-order valence-corrected chi connectivity index (χ0v) is 53.3. The van der Waals surface area contributed by atoms with E-state index in [-0.39, 0.29) is 32.0 Å². The van der Waals surface area contributed by atoms with Gasteiger partial charge in [0.1, 0.15) is 19.8 Å². The third-order valence-electron chi connectivity index (χ3n) is 15.1. The molecule has 460 valence electrons. The number of carbonyl (C=O) groups excluding carboxylic acids is 2. The second-order valence-electron chi connectivity index (χ2n) is 24.2. The van der Waals surface area contributed by atoms with E-state index < -0.39 is 26.5 Å². The van der Waals surface area contributed by atoms with E-state index in [0.29, 0.717) is 17.4 Å². The van der Waals surface area contributed by atoms with Crippen molar-refractivity contribution >= 4 is 19.8 Å². The molecule has 0 heterocycles. The Labute approximate surface area is 484 Å². The van der Waals surface area contributed by atoms with Crippen molar-refractivity contribution in [2.75, 3.05) is 47.5 Å². The molecule has 2 atom stereocenters. The predicted octanol–water partition coefficient (Wildman–Crippen LogP) is 21.5. The van der Waals surface area contributed by atoms with E-state index in [0.717, 1.165) is 38.5 Å². The van der Waals surface area contributed by atoms with Crippen LogP contribution in [0.1, 0.15) is 335 Å². The first-order chi connectivity index (χ1) is 38.0. The highest BCUT2D eigenvalue weighted by molar-refractivity contribution is 7.47. The van der Waals surface area contributed by atoms with Crippen molar-refractivity contribution < 1.29 is 42.1 Å². The predicted molar refractivity (Wildman–Crippen MR) is 335 cm³/mol. The third-order valence-corrected chi connectivity index (χ3v) is 16.1. The highest BCUT2D eigenvalue weighted by Crippen LogP contribution is 2.43. The zero-order valence-electron chi connectivity index (χ0n) is 52.4. The molecule has 0 saturated heterocycles. The van der Waals surface area contributed by atoms with E-state index >= 15 is 0 Å². The molecule has 0 aliphatic carbocycles. The maximum absolute atomic E-state index is 12.8. The molecular weight excluding hydrogens is 990 g/mol. The van der Waals surface area contributed by atoms with Gasteiger partial charge in [-0.15, -0.1) is 0 Å². The number of hydrogen-bond acceptors (Lipinski definition) is 7. The van der Waals surface area contributed by atoms with Crippen LogP contribution in [0, 0.1) is 0 Å². The molecule has 1 N–H and O–H groups in total. The number of esters is 2. The summed E-state index contributed by atoms with van der Waals surface area (Å²) in [5.41, 5.74) is 0. The van der Waals surface area contributed by atoms with Gasteiger partial charge in [-0.1, -0.05) is 288 Å². The van der Waals surface area contributed by atoms with Crippen molar-refractivity contribution in [3.63, 3.8) is 0 Å². The summed E-state index contributed by atoms with van der Waals surface area (Å²) < 4.78 is 34.6. The lowest BCUT2D eigenvalue weighted by molar-refractivity contribution is -0.870. The second kappa shape index (κ2) is 59.8. The zero-order chi connectivity index (χ0) is 57.0. The van der Waals surface area contributed by atoms with Gasteiger partial charge in [-0.25, -0.2) is 4.57 Å². The number of hydrogen-bond donors (Lipinski definition) is 1. The van der Waals surface area contributed by atoms with E-state index in [2.05, 4.69) is 50.3 Å². The van der Waals surface area contributed by atoms with Crippen molar-refractivity contribution in [1.29, 1.82) is 0 Å². The summed E-state index contributed by atoms with van der Waals surface area (Å²) in [6.07, 6.45) is 75.4. The SMILES string of the molecule is CCCCCCC/C=C\C/C=C\CCCCCCCCCCCCCCCCCCCCCCCCCCCC(=O)OC(COC(=O)CCCCCCCCC/C=C\CCCCCCCC)COP(=O)(O)OCC[N+](C)(C)C. The van der Waals surface area contributed by atoms with Crippen molar-refractivity contribution in [1.82, 2.24) is 0 Å². The summed E-state index contributed by atoms with van der Waals surface area (Å²) in [6, 6.07) is 0. The molecule has 78 heavy (non-hydrogen) atoms. The molecule has 0 rings (SSSR count). The Morgan fingerprint density at radius 1 is 0.397 bits per heavy atom. The van der Waals surface area contributed by atoms with Gasteiger partial charge in [0, 0.05) is 12.8 Å². The van der Waals surface area contributed by atoms with Crippen LogP contribution in [0.15, 0.2) is 36.5 Å². The minimum atomic E-state index is -4.39. The quantitative estimate of drug-likeness (QED) is 0.0211. The average Bonchev–Trinajstić information content (AvgIpc) is 3.41. The fraction of sp³-hybridized carbons (Fsp3) is 0.882. The van der Waals surface area contributed by atoms with Crippen molar-refractivity contribution in [3.05, 3.63) is 36.5 Å². The Morgan fingerprint density at radius 2 is 0.692 bits per heavy atom. The van der Waals surface area contributed by atoms with Gasteiger partial charge in [-0.3, -0.25) is 18.6 Å². The van der Waals surface area contributed by atoms with E-state index in [4.69, 9.17) is 18.5 Å². The monoisotopic (exact) mass is 1120 g/mol. The molecule has 10 heteroatoms. The number of ether oxygens (including phenoxy) is 2. The van der Waals surface area contributed by atoms with Gasteiger partial charge >= 0.3 is 19.8 Å². The van der Waals surface area contributed by atoms with Crippen LogP contribution in [0.3, 0.4) is 0 Å². The topological polar surface area (TPSA) is 108 Å². The number of phosphoric acid groups is 1. The molecule has 0 aromatic rings. The first-order valence-electron chi connectivity index (χ1n) is 33.7. The van der Waals surface area contributed by atoms with E-state index in [1.165, 1.54) is 263 Å². The number of phosphoric ester groups is 1. The lowest BCUT2D eigenvalue weighted by atomic mass is 10.0. The summed E-state index contributed by atoms with van der Waals surface area (Å²) in [7, 11) is 1.49. The maximum Gasteiger partial charge on any atom is 0.472 e. The smallest absolute Gasteiger partial charge is 0.462 e. The maximum atomic E-state index is 12.8. The normalized spacial score (nSPS) is 13.4. The molecule has 0 saturated carbocycles. The van der Waals surface area contributed by atoms with E-state index in [1.54, 1.807) is 0 Å². The van der Waals surface area contributed by atoms with Crippen molar-refractivity contribution in [2.24, 2.45) is 0 Å². The first kappa shape index (κ1) is 76.2. The molecule has 0 aromatic heterocycles. The minimum Gasteiger partial charge on any atom is -0.462 e. The minimum absolute atomic E-state index is 0.0335. The number of quaternary nitrogens is 1. The van der Waals surface area contributed by atoms with Gasteiger partial charge in [0.15, 0.2) is 6.10 Å². The van der Waals surface area contributed by atoms with Gasteiger partial charge in [0.2, 0.25) is 0 Å². The molecular formula is C68H131NO8P+. The van der Waals surface area contributed by atoms with Crippen molar-refractivity contribution in [2.45, 2.75) is 341 Å². The molecule has 0 aromatic carbocycles. The van der Waals surface area contributed by atoms with Crippen molar-refractivity contribution in [3.8, 4) is 0 Å². The number of allylic oxidation sites excluding steroid dienone is 6. The number of carbonyl (C=O) groups is 2. The van der Waals surface area contributed by atoms with Gasteiger partial charge in [-0.2, -0.15) is 0 Å². The fourth-order valence-corrected chi connectivity index (χ4v) is 10.7. The third kappa shape index (κ3) is 63.4. The lowest BCUT2D eigenvalue weighted by Gasteiger charge is -2.24. The van der Waals surface area contributed by atoms with E-state index in [1.807, 2.05) is 21.1 Å². The second-order valence-corrected chi connectivity index (χ2v) is 25.7. The van der Waals surface area contributed by atoms with Gasteiger partial charge < -0.3 is 18.9 Å². The number of nitrogens with zero attached hydrogens (tertiary/aromatic N) is 1. The van der Waals surface area contributed by atoms with Gasteiger partial charge in [0.05, 0.1) is 27.7 Å².